The third kappa shape index (κ3) is 1.56. The molecular weight excluding hydrogens is 158 g/mol. The molecule has 0 unspecified atom stereocenters. The fraction of sp³-hybridized carbons (Fsp3) is 0. The van der Waals surface area contributed by atoms with Crippen LogP contribution >= 0.6 is 11.8 Å². The van der Waals surface area contributed by atoms with E-state index in [1.165, 1.54) is 4.90 Å². The summed E-state index contributed by atoms with van der Waals surface area (Å²) in [4.78, 5) is 1.19. The Hall–Kier alpha value is -0.930. The summed E-state index contributed by atoms with van der Waals surface area (Å²) in [5, 5.41) is 1.93. The fourth-order valence-electron chi connectivity index (χ4n) is 0.847. The molecule has 1 aromatic rings. The van der Waals surface area contributed by atoms with E-state index in [1.54, 1.807) is 18.0 Å². The first-order valence-electron chi connectivity index (χ1n) is 3.04. The maximum atomic E-state index is 5.22. The Balaban J connectivity index is 0.000000605. The zero-order valence-corrected chi connectivity index (χ0v) is 6.80. The zero-order chi connectivity index (χ0) is 6.81. The minimum Gasteiger partial charge on any atom is -0.463 e. The number of thioether (sulfide) groups is 1. The highest BCUT2D eigenvalue weighted by Crippen LogP contribution is 2.32. The molecule has 0 saturated heterocycles. The van der Waals surface area contributed by atoms with Gasteiger partial charge in [-0.15, -0.1) is 0 Å². The molecule has 11 heavy (non-hydrogen) atoms. The summed E-state index contributed by atoms with van der Waals surface area (Å²) >= 11 is 1.68. The van der Waals surface area contributed by atoms with Gasteiger partial charge in [-0.3, -0.25) is 0 Å². The molecule has 2 rings (SSSR count). The second-order valence-electron chi connectivity index (χ2n) is 1.95. The van der Waals surface area contributed by atoms with Crippen LogP contribution in [0.1, 0.15) is 0 Å². The van der Waals surface area contributed by atoms with Crippen molar-refractivity contribution in [3.63, 3.8) is 0 Å². The van der Waals surface area contributed by atoms with Gasteiger partial charge in [-0.05, 0) is 12.1 Å². The van der Waals surface area contributed by atoms with Crippen LogP contribution < -0.4 is 10.9 Å². The van der Waals surface area contributed by atoms with Crippen LogP contribution in [-0.4, -0.2) is 0 Å². The number of hydrogen-bond acceptors (Lipinski definition) is 3. The van der Waals surface area contributed by atoms with Crippen molar-refractivity contribution in [3.05, 3.63) is 35.9 Å². The van der Waals surface area contributed by atoms with Crippen LogP contribution in [0, 0.1) is 0 Å². The van der Waals surface area contributed by atoms with Gasteiger partial charge in [0, 0.05) is 5.41 Å². The fourth-order valence-corrected chi connectivity index (χ4v) is 1.49. The Morgan fingerprint density at radius 3 is 2.82 bits per heavy atom. The van der Waals surface area contributed by atoms with Crippen LogP contribution in [0.15, 0.2) is 40.8 Å². The topological polar surface area (TPSA) is 44.2 Å². The molecular formula is C8H9NOS. The van der Waals surface area contributed by atoms with Gasteiger partial charge >= 0.3 is 0 Å². The van der Waals surface area contributed by atoms with Crippen molar-refractivity contribution >= 4 is 11.8 Å². The lowest BCUT2D eigenvalue weighted by atomic mass is 10.3. The Kier molecular flexibility index (Phi) is 2.57. The molecule has 1 aromatic carbocycles. The first kappa shape index (κ1) is 8.17. The summed E-state index contributed by atoms with van der Waals surface area (Å²) in [6.45, 7) is 0. The molecule has 0 amide bonds. The number of ether oxygens (including phenoxy) is 1. The second-order valence-corrected chi connectivity index (χ2v) is 2.90. The summed E-state index contributed by atoms with van der Waals surface area (Å²) < 4.78 is 5.22. The van der Waals surface area contributed by atoms with Gasteiger partial charge in [-0.25, -0.2) is 0 Å². The molecule has 0 aliphatic carbocycles. The first-order chi connectivity index (χ1) is 4.97. The monoisotopic (exact) mass is 167 g/mol. The van der Waals surface area contributed by atoms with E-state index in [0.29, 0.717) is 0 Å². The SMILES string of the molecule is C1=CSc2ccccc2O1.N. The van der Waals surface area contributed by atoms with E-state index < -0.39 is 0 Å². The molecule has 0 fully saturated rings. The van der Waals surface area contributed by atoms with Crippen LogP contribution in [0.2, 0.25) is 0 Å². The van der Waals surface area contributed by atoms with Crippen LogP contribution in [0.3, 0.4) is 0 Å². The summed E-state index contributed by atoms with van der Waals surface area (Å²) in [5.41, 5.74) is 0. The van der Waals surface area contributed by atoms with Crippen molar-refractivity contribution in [1.82, 2.24) is 6.15 Å². The number of benzene rings is 1. The van der Waals surface area contributed by atoms with E-state index in [-0.39, 0.29) is 6.15 Å². The molecule has 0 saturated carbocycles. The first-order valence-corrected chi connectivity index (χ1v) is 3.92. The summed E-state index contributed by atoms with van der Waals surface area (Å²) in [6, 6.07) is 7.99. The quantitative estimate of drug-likeness (QED) is 0.646. The molecule has 1 aliphatic heterocycles. The lowest BCUT2D eigenvalue weighted by Gasteiger charge is -2.08. The van der Waals surface area contributed by atoms with Gasteiger partial charge in [-0.1, -0.05) is 23.9 Å². The van der Waals surface area contributed by atoms with Crippen molar-refractivity contribution < 1.29 is 4.74 Å². The molecule has 0 atom stereocenters. The van der Waals surface area contributed by atoms with Gasteiger partial charge in [0.15, 0.2) is 0 Å². The number of para-hydroxylation sites is 1. The minimum absolute atomic E-state index is 0. The molecule has 1 heterocycles. The average Bonchev–Trinajstić information content (AvgIpc) is 2.05. The maximum absolute atomic E-state index is 5.22. The highest BCUT2D eigenvalue weighted by Gasteiger charge is 2.03. The predicted molar refractivity (Wildman–Crippen MR) is 47.1 cm³/mol. The average molecular weight is 167 g/mol. The molecule has 3 heteroatoms. The lowest BCUT2D eigenvalue weighted by Crippen LogP contribution is -1.87. The summed E-state index contributed by atoms with van der Waals surface area (Å²) in [5.74, 6) is 0.954. The van der Waals surface area contributed by atoms with Gasteiger partial charge in [-0.2, -0.15) is 0 Å². The van der Waals surface area contributed by atoms with E-state index in [9.17, 15) is 0 Å². The molecule has 3 N–H and O–H groups in total. The van der Waals surface area contributed by atoms with Crippen molar-refractivity contribution in [1.29, 1.82) is 0 Å². The van der Waals surface area contributed by atoms with E-state index in [1.807, 2.05) is 29.7 Å². The second kappa shape index (κ2) is 3.46. The van der Waals surface area contributed by atoms with E-state index in [4.69, 9.17) is 4.74 Å². The van der Waals surface area contributed by atoms with Gasteiger partial charge in [0.25, 0.3) is 0 Å². The molecule has 1 aliphatic rings. The molecule has 0 bridgehead atoms. The molecule has 2 nitrogen and oxygen atoms in total. The molecule has 0 aromatic heterocycles. The number of fused-ring (bicyclic) bond motifs is 1. The predicted octanol–water partition coefficient (Wildman–Crippen LogP) is 2.80. The maximum Gasteiger partial charge on any atom is 0.140 e. The van der Waals surface area contributed by atoms with Gasteiger partial charge in [0.05, 0.1) is 11.2 Å². The third-order valence-corrected chi connectivity index (χ3v) is 2.13. The highest BCUT2D eigenvalue weighted by atomic mass is 32.2. The van der Waals surface area contributed by atoms with Crippen LogP contribution in [0.5, 0.6) is 5.75 Å². The minimum atomic E-state index is 0. The molecule has 0 spiro atoms. The van der Waals surface area contributed by atoms with Crippen molar-refractivity contribution in [2.24, 2.45) is 0 Å². The smallest absolute Gasteiger partial charge is 0.140 e. The van der Waals surface area contributed by atoms with Gasteiger partial charge in [0.2, 0.25) is 0 Å². The Morgan fingerprint density at radius 1 is 1.18 bits per heavy atom. The van der Waals surface area contributed by atoms with E-state index >= 15 is 0 Å². The van der Waals surface area contributed by atoms with Gasteiger partial charge in [0.1, 0.15) is 5.75 Å². The van der Waals surface area contributed by atoms with Crippen LogP contribution in [0.25, 0.3) is 0 Å². The van der Waals surface area contributed by atoms with E-state index in [0.717, 1.165) is 5.75 Å². The van der Waals surface area contributed by atoms with Gasteiger partial charge < -0.3 is 10.9 Å². The Bertz CT molecular complexity index is 246. The van der Waals surface area contributed by atoms with Crippen molar-refractivity contribution in [2.75, 3.05) is 0 Å². The van der Waals surface area contributed by atoms with E-state index in [2.05, 4.69) is 0 Å². The molecule has 0 radical (unpaired) electrons. The molecule has 58 valence electrons. The number of hydrogen-bond donors (Lipinski definition) is 1. The normalized spacial score (nSPS) is 12.7. The number of rotatable bonds is 0. The third-order valence-electron chi connectivity index (χ3n) is 1.29. The largest absolute Gasteiger partial charge is 0.463 e. The zero-order valence-electron chi connectivity index (χ0n) is 5.99. The van der Waals surface area contributed by atoms with Crippen LogP contribution in [-0.2, 0) is 0 Å². The van der Waals surface area contributed by atoms with Crippen LogP contribution in [0.4, 0.5) is 0 Å². The Labute approximate surface area is 69.8 Å². The standard InChI is InChI=1S/C8H6OS.H3N/c1-2-4-8-7(3-1)9-5-6-10-8;/h1-6H;1H3. The summed E-state index contributed by atoms with van der Waals surface area (Å²) in [6.07, 6.45) is 1.70. The highest BCUT2D eigenvalue weighted by molar-refractivity contribution is 8.02. The summed E-state index contributed by atoms with van der Waals surface area (Å²) in [7, 11) is 0. The lowest BCUT2D eigenvalue weighted by molar-refractivity contribution is 0.468. The van der Waals surface area contributed by atoms with Crippen molar-refractivity contribution in [2.45, 2.75) is 4.90 Å². The van der Waals surface area contributed by atoms with Crippen molar-refractivity contribution in [3.8, 4) is 5.75 Å². The Morgan fingerprint density at radius 2 is 2.00 bits per heavy atom.